The summed E-state index contributed by atoms with van der Waals surface area (Å²) in [6.45, 7) is 1.32. The third-order valence-electron chi connectivity index (χ3n) is 3.52. The summed E-state index contributed by atoms with van der Waals surface area (Å²) in [6.07, 6.45) is 0.0462. The molecule has 3 N–H and O–H groups in total. The van der Waals surface area contributed by atoms with Gasteiger partial charge in [-0.3, -0.25) is 9.59 Å². The van der Waals surface area contributed by atoms with Crippen LogP contribution in [0.3, 0.4) is 0 Å². The van der Waals surface area contributed by atoms with Gasteiger partial charge in [-0.1, -0.05) is 39.7 Å². The summed E-state index contributed by atoms with van der Waals surface area (Å²) in [5, 5.41) is 15.0. The Bertz CT molecular complexity index is 857. The minimum absolute atomic E-state index is 0.0462. The Morgan fingerprint density at radius 1 is 1.19 bits per heavy atom. The normalized spacial score (nSPS) is 11.5. The van der Waals surface area contributed by atoms with Crippen molar-refractivity contribution >= 4 is 51.0 Å². The molecule has 2 aromatic carbocycles. The van der Waals surface area contributed by atoms with E-state index in [4.69, 9.17) is 11.6 Å². The molecule has 8 heteroatoms. The van der Waals surface area contributed by atoms with E-state index in [2.05, 4.69) is 26.6 Å². The molecule has 136 valence electrons. The Morgan fingerprint density at radius 3 is 2.54 bits per heavy atom. The van der Waals surface area contributed by atoms with Gasteiger partial charge in [-0.25, -0.2) is 4.79 Å². The smallest absolute Gasteiger partial charge is 0.326 e. The van der Waals surface area contributed by atoms with Crippen LogP contribution in [0.4, 0.5) is 5.69 Å². The van der Waals surface area contributed by atoms with Crippen molar-refractivity contribution in [2.45, 2.75) is 19.4 Å². The first-order valence-electron chi connectivity index (χ1n) is 7.62. The number of aliphatic carboxylic acids is 1. The van der Waals surface area contributed by atoms with Crippen molar-refractivity contribution in [2.24, 2.45) is 0 Å². The number of rotatable bonds is 6. The zero-order valence-electron chi connectivity index (χ0n) is 13.8. The topological polar surface area (TPSA) is 95.5 Å². The summed E-state index contributed by atoms with van der Waals surface area (Å²) >= 11 is 9.30. The van der Waals surface area contributed by atoms with Gasteiger partial charge in [0, 0.05) is 22.8 Å². The van der Waals surface area contributed by atoms with E-state index in [0.29, 0.717) is 20.7 Å². The quantitative estimate of drug-likeness (QED) is 0.642. The number of para-hydroxylation sites is 1. The number of carboxylic acids is 1. The largest absolute Gasteiger partial charge is 0.480 e. The van der Waals surface area contributed by atoms with Crippen molar-refractivity contribution in [2.75, 3.05) is 5.32 Å². The summed E-state index contributed by atoms with van der Waals surface area (Å²) in [5.74, 6) is -2.11. The second-order valence-electron chi connectivity index (χ2n) is 5.53. The first-order chi connectivity index (χ1) is 12.3. The van der Waals surface area contributed by atoms with Gasteiger partial charge in [0.2, 0.25) is 5.91 Å². The highest BCUT2D eigenvalue weighted by molar-refractivity contribution is 9.10. The van der Waals surface area contributed by atoms with Crippen LogP contribution in [0.5, 0.6) is 0 Å². The molecular weight excluding hydrogens is 424 g/mol. The maximum atomic E-state index is 12.5. The van der Waals surface area contributed by atoms with Gasteiger partial charge in [-0.2, -0.15) is 0 Å². The predicted octanol–water partition coefficient (Wildman–Crippen LogP) is 3.49. The van der Waals surface area contributed by atoms with Gasteiger partial charge >= 0.3 is 5.97 Å². The van der Waals surface area contributed by atoms with Crippen LogP contribution in [0, 0.1) is 0 Å². The van der Waals surface area contributed by atoms with Crippen LogP contribution in [0.15, 0.2) is 46.9 Å². The fourth-order valence-electron chi connectivity index (χ4n) is 2.34. The highest BCUT2D eigenvalue weighted by Gasteiger charge is 2.23. The molecule has 0 fully saturated rings. The van der Waals surface area contributed by atoms with Crippen LogP contribution >= 0.6 is 27.5 Å². The minimum Gasteiger partial charge on any atom is -0.480 e. The molecule has 0 saturated heterocycles. The molecule has 0 radical (unpaired) electrons. The van der Waals surface area contributed by atoms with E-state index in [1.54, 1.807) is 36.4 Å². The van der Waals surface area contributed by atoms with E-state index in [9.17, 15) is 19.5 Å². The van der Waals surface area contributed by atoms with E-state index < -0.39 is 17.9 Å². The first-order valence-corrected chi connectivity index (χ1v) is 8.79. The molecule has 0 heterocycles. The van der Waals surface area contributed by atoms with Gasteiger partial charge in [0.25, 0.3) is 5.91 Å². The lowest BCUT2D eigenvalue weighted by molar-refractivity contribution is -0.139. The molecule has 0 aromatic heterocycles. The molecule has 0 aliphatic heterocycles. The van der Waals surface area contributed by atoms with Crippen molar-refractivity contribution in [3.05, 3.63) is 63.1 Å². The van der Waals surface area contributed by atoms with Gasteiger partial charge in [0.1, 0.15) is 6.04 Å². The number of anilines is 1. The zero-order chi connectivity index (χ0) is 19.3. The number of carboxylic acid groups (broad SMARTS) is 1. The molecule has 0 aliphatic rings. The predicted molar refractivity (Wildman–Crippen MR) is 102 cm³/mol. The number of benzene rings is 2. The lowest BCUT2D eigenvalue weighted by Gasteiger charge is -2.17. The maximum absolute atomic E-state index is 12.5. The molecule has 26 heavy (non-hydrogen) atoms. The van der Waals surface area contributed by atoms with Crippen LogP contribution < -0.4 is 10.6 Å². The van der Waals surface area contributed by atoms with E-state index in [-0.39, 0.29) is 17.9 Å². The second-order valence-corrected chi connectivity index (χ2v) is 6.82. The molecule has 0 aliphatic carbocycles. The van der Waals surface area contributed by atoms with Gasteiger partial charge in [-0.15, -0.1) is 0 Å². The summed E-state index contributed by atoms with van der Waals surface area (Å²) in [7, 11) is 0. The number of carbonyl (C=O) groups excluding carboxylic acids is 2. The fourth-order valence-corrected chi connectivity index (χ4v) is 2.94. The SMILES string of the molecule is CC(=O)Nc1ccccc1C(=O)N[C@H](Cc1cc(Cl)ccc1Br)C(=O)O. The van der Waals surface area contributed by atoms with Gasteiger partial charge in [-0.05, 0) is 35.9 Å². The molecule has 0 bridgehead atoms. The summed E-state index contributed by atoms with van der Waals surface area (Å²) in [4.78, 5) is 35.4. The van der Waals surface area contributed by atoms with E-state index in [1.807, 2.05) is 0 Å². The zero-order valence-corrected chi connectivity index (χ0v) is 16.1. The Kier molecular flexibility index (Phi) is 6.76. The van der Waals surface area contributed by atoms with Crippen LogP contribution in [0.1, 0.15) is 22.8 Å². The number of hydrogen-bond acceptors (Lipinski definition) is 3. The summed E-state index contributed by atoms with van der Waals surface area (Å²) in [5.41, 5.74) is 1.14. The molecular formula is C18H16BrClN2O4. The maximum Gasteiger partial charge on any atom is 0.326 e. The number of halogens is 2. The number of nitrogens with one attached hydrogen (secondary N) is 2. The van der Waals surface area contributed by atoms with Crippen molar-refractivity contribution in [3.63, 3.8) is 0 Å². The lowest BCUT2D eigenvalue weighted by atomic mass is 10.0. The molecule has 0 unspecified atom stereocenters. The van der Waals surface area contributed by atoms with Crippen molar-refractivity contribution in [1.29, 1.82) is 0 Å². The second kappa shape index (κ2) is 8.82. The highest BCUT2D eigenvalue weighted by atomic mass is 79.9. The molecule has 2 amide bonds. The number of hydrogen-bond donors (Lipinski definition) is 3. The molecule has 1 atom stereocenters. The van der Waals surface area contributed by atoms with Gasteiger partial charge < -0.3 is 15.7 Å². The minimum atomic E-state index is -1.18. The fraction of sp³-hybridized carbons (Fsp3) is 0.167. The van der Waals surface area contributed by atoms with Crippen LogP contribution in [0.25, 0.3) is 0 Å². The van der Waals surface area contributed by atoms with Gasteiger partial charge in [0.05, 0.1) is 11.3 Å². The summed E-state index contributed by atoms with van der Waals surface area (Å²) in [6, 6.07) is 10.2. The average Bonchev–Trinajstić information content (AvgIpc) is 2.57. The lowest BCUT2D eigenvalue weighted by Crippen LogP contribution is -2.42. The number of carbonyl (C=O) groups is 3. The Hall–Kier alpha value is -2.38. The Morgan fingerprint density at radius 2 is 1.88 bits per heavy atom. The first kappa shape index (κ1) is 19.9. The third-order valence-corrected chi connectivity index (χ3v) is 4.53. The standard InChI is InChI=1S/C18H16BrClN2O4/c1-10(23)21-15-5-3-2-4-13(15)17(24)22-16(18(25)26)9-11-8-12(20)6-7-14(11)19/h2-8,16H,9H2,1H3,(H,21,23)(H,22,24)(H,25,26)/t16-/m1/s1. The number of amides is 2. The van der Waals surface area contributed by atoms with Crippen LogP contribution in [-0.4, -0.2) is 28.9 Å². The third kappa shape index (κ3) is 5.31. The monoisotopic (exact) mass is 438 g/mol. The molecule has 2 rings (SSSR count). The molecule has 0 saturated carbocycles. The molecule has 0 spiro atoms. The van der Waals surface area contributed by atoms with E-state index in [1.165, 1.54) is 13.0 Å². The van der Waals surface area contributed by atoms with Crippen LogP contribution in [0.2, 0.25) is 5.02 Å². The molecule has 6 nitrogen and oxygen atoms in total. The van der Waals surface area contributed by atoms with E-state index in [0.717, 1.165) is 0 Å². The van der Waals surface area contributed by atoms with Crippen molar-refractivity contribution < 1.29 is 19.5 Å². The Labute approximate surface area is 163 Å². The Balaban J connectivity index is 2.23. The van der Waals surface area contributed by atoms with E-state index >= 15 is 0 Å². The van der Waals surface area contributed by atoms with Crippen molar-refractivity contribution in [1.82, 2.24) is 5.32 Å². The highest BCUT2D eigenvalue weighted by Crippen LogP contribution is 2.23. The van der Waals surface area contributed by atoms with Gasteiger partial charge in [0.15, 0.2) is 0 Å². The van der Waals surface area contributed by atoms with Crippen molar-refractivity contribution in [3.8, 4) is 0 Å². The average molecular weight is 440 g/mol. The molecule has 2 aromatic rings. The summed E-state index contributed by atoms with van der Waals surface area (Å²) < 4.78 is 0.695. The van der Waals surface area contributed by atoms with Crippen LogP contribution in [-0.2, 0) is 16.0 Å².